The van der Waals surface area contributed by atoms with Crippen LogP contribution in [0.15, 0.2) is 29.9 Å². The van der Waals surface area contributed by atoms with Gasteiger partial charge in [-0.15, -0.1) is 11.3 Å². The maximum Gasteiger partial charge on any atom is 0.253 e. The van der Waals surface area contributed by atoms with E-state index in [1.165, 1.54) is 0 Å². The van der Waals surface area contributed by atoms with Crippen molar-refractivity contribution in [2.75, 3.05) is 19.6 Å². The van der Waals surface area contributed by atoms with Gasteiger partial charge in [0.15, 0.2) is 0 Å². The highest BCUT2D eigenvalue weighted by atomic mass is 32.1. The van der Waals surface area contributed by atoms with Crippen molar-refractivity contribution in [3.63, 3.8) is 0 Å². The number of carbonyl (C=O) groups is 2. The molecule has 144 valence electrons. The highest BCUT2D eigenvalue weighted by molar-refractivity contribution is 7.09. The predicted molar refractivity (Wildman–Crippen MR) is 106 cm³/mol. The third-order valence-electron chi connectivity index (χ3n) is 4.76. The first kappa shape index (κ1) is 19.5. The van der Waals surface area contributed by atoms with Crippen molar-refractivity contribution >= 4 is 23.2 Å². The zero-order valence-corrected chi connectivity index (χ0v) is 16.7. The monoisotopic (exact) mass is 386 g/mol. The van der Waals surface area contributed by atoms with Gasteiger partial charge in [-0.25, -0.2) is 4.98 Å². The Hall–Kier alpha value is -2.28. The third-order valence-corrected chi connectivity index (χ3v) is 5.82. The second-order valence-electron chi connectivity index (χ2n) is 7.20. The van der Waals surface area contributed by atoms with Crippen LogP contribution >= 0.6 is 11.3 Å². The summed E-state index contributed by atoms with van der Waals surface area (Å²) in [5.74, 6) is 0.425. The van der Waals surface area contributed by atoms with Crippen LogP contribution in [0.25, 0.3) is 0 Å². The number of pyridine rings is 1. The zero-order chi connectivity index (χ0) is 19.2. The van der Waals surface area contributed by atoms with Gasteiger partial charge in [0, 0.05) is 61.2 Å². The molecule has 1 fully saturated rings. The fourth-order valence-corrected chi connectivity index (χ4v) is 4.17. The van der Waals surface area contributed by atoms with Crippen LogP contribution in [0.4, 0.5) is 0 Å². The lowest BCUT2D eigenvalue weighted by Gasteiger charge is -2.31. The molecule has 1 aliphatic heterocycles. The lowest BCUT2D eigenvalue weighted by molar-refractivity contribution is -0.123. The van der Waals surface area contributed by atoms with E-state index in [2.05, 4.69) is 15.7 Å². The van der Waals surface area contributed by atoms with Crippen LogP contribution in [-0.4, -0.2) is 46.3 Å². The van der Waals surface area contributed by atoms with E-state index in [0.29, 0.717) is 18.7 Å². The number of likely N-dealkylation sites (tertiary alicyclic amines) is 1. The topological polar surface area (TPSA) is 75.2 Å². The van der Waals surface area contributed by atoms with Gasteiger partial charge in [0.2, 0.25) is 5.91 Å². The highest BCUT2D eigenvalue weighted by Gasteiger charge is 2.27. The second kappa shape index (κ2) is 9.08. The lowest BCUT2D eigenvalue weighted by atomic mass is 9.98. The van der Waals surface area contributed by atoms with Gasteiger partial charge in [-0.1, -0.05) is 13.8 Å². The SMILES string of the molecule is CC(C)C(=O)NCCc1csc(C2CCCN(C(=O)c3ccncc3)C2)n1. The molecule has 2 aromatic rings. The molecule has 1 atom stereocenters. The molecule has 3 heterocycles. The average Bonchev–Trinajstić information content (AvgIpc) is 3.17. The van der Waals surface area contributed by atoms with E-state index in [0.717, 1.165) is 36.5 Å². The average molecular weight is 387 g/mol. The number of hydrogen-bond acceptors (Lipinski definition) is 5. The van der Waals surface area contributed by atoms with Crippen molar-refractivity contribution in [3.05, 3.63) is 46.2 Å². The van der Waals surface area contributed by atoms with Crippen LogP contribution in [0, 0.1) is 5.92 Å². The summed E-state index contributed by atoms with van der Waals surface area (Å²) in [6, 6.07) is 3.53. The number of rotatable bonds is 6. The Morgan fingerprint density at radius 2 is 2.11 bits per heavy atom. The van der Waals surface area contributed by atoms with E-state index in [1.54, 1.807) is 35.9 Å². The minimum Gasteiger partial charge on any atom is -0.355 e. The van der Waals surface area contributed by atoms with Crippen LogP contribution in [0.2, 0.25) is 0 Å². The summed E-state index contributed by atoms with van der Waals surface area (Å²) in [6.45, 7) is 5.88. The van der Waals surface area contributed by atoms with E-state index in [4.69, 9.17) is 4.98 Å². The van der Waals surface area contributed by atoms with Crippen LogP contribution in [0.3, 0.4) is 0 Å². The minimum atomic E-state index is 0.00199. The fraction of sp³-hybridized carbons (Fsp3) is 0.500. The van der Waals surface area contributed by atoms with E-state index >= 15 is 0 Å². The first-order chi connectivity index (χ1) is 13.0. The third kappa shape index (κ3) is 5.13. The number of amides is 2. The maximum absolute atomic E-state index is 12.7. The molecular weight excluding hydrogens is 360 g/mol. The Balaban J connectivity index is 1.56. The Kier molecular flexibility index (Phi) is 6.55. The molecule has 0 aromatic carbocycles. The summed E-state index contributed by atoms with van der Waals surface area (Å²) in [5, 5.41) is 6.09. The standard InChI is InChI=1S/C20H26N4O2S/c1-14(2)18(25)22-10-7-17-13-27-19(23-17)16-4-3-11-24(12-16)20(26)15-5-8-21-9-6-15/h5-6,8-9,13-14,16H,3-4,7,10-12H2,1-2H3,(H,22,25). The molecule has 3 rings (SSSR count). The number of nitrogens with one attached hydrogen (secondary N) is 1. The van der Waals surface area contributed by atoms with Crippen LogP contribution in [-0.2, 0) is 11.2 Å². The van der Waals surface area contributed by atoms with Gasteiger partial charge >= 0.3 is 0 Å². The summed E-state index contributed by atoms with van der Waals surface area (Å²) >= 11 is 1.66. The van der Waals surface area contributed by atoms with E-state index < -0.39 is 0 Å². The molecule has 0 bridgehead atoms. The summed E-state index contributed by atoms with van der Waals surface area (Å²) < 4.78 is 0. The van der Waals surface area contributed by atoms with Crippen LogP contribution in [0.5, 0.6) is 0 Å². The summed E-state index contributed by atoms with van der Waals surface area (Å²) in [6.07, 6.45) is 6.08. The molecule has 0 radical (unpaired) electrons. The van der Waals surface area contributed by atoms with Gasteiger partial charge in [0.25, 0.3) is 5.91 Å². The van der Waals surface area contributed by atoms with Crippen molar-refractivity contribution in [2.24, 2.45) is 5.92 Å². The van der Waals surface area contributed by atoms with Gasteiger partial charge in [0.05, 0.1) is 10.7 Å². The van der Waals surface area contributed by atoms with Gasteiger partial charge in [0.1, 0.15) is 0 Å². The summed E-state index contributed by atoms with van der Waals surface area (Å²) in [7, 11) is 0. The molecule has 27 heavy (non-hydrogen) atoms. The van der Waals surface area contributed by atoms with Crippen molar-refractivity contribution in [1.82, 2.24) is 20.2 Å². The number of thiazole rings is 1. The number of carbonyl (C=O) groups excluding carboxylic acids is 2. The number of nitrogens with zero attached hydrogens (tertiary/aromatic N) is 3. The zero-order valence-electron chi connectivity index (χ0n) is 15.9. The summed E-state index contributed by atoms with van der Waals surface area (Å²) in [5.41, 5.74) is 1.70. The quantitative estimate of drug-likeness (QED) is 0.828. The van der Waals surface area contributed by atoms with E-state index in [-0.39, 0.29) is 23.7 Å². The van der Waals surface area contributed by atoms with Gasteiger partial charge in [-0.2, -0.15) is 0 Å². The predicted octanol–water partition coefficient (Wildman–Crippen LogP) is 2.87. The molecule has 7 heteroatoms. The van der Waals surface area contributed by atoms with Crippen molar-refractivity contribution in [2.45, 2.75) is 39.0 Å². The smallest absolute Gasteiger partial charge is 0.253 e. The molecule has 2 amide bonds. The molecule has 0 saturated carbocycles. The molecule has 2 aromatic heterocycles. The van der Waals surface area contributed by atoms with E-state index in [1.807, 2.05) is 18.7 Å². The molecule has 0 spiro atoms. The maximum atomic E-state index is 12.7. The molecule has 6 nitrogen and oxygen atoms in total. The molecule has 1 N–H and O–H groups in total. The lowest BCUT2D eigenvalue weighted by Crippen LogP contribution is -2.39. The number of aromatic nitrogens is 2. The van der Waals surface area contributed by atoms with Gasteiger partial charge < -0.3 is 10.2 Å². The summed E-state index contributed by atoms with van der Waals surface area (Å²) in [4.78, 5) is 35.0. The van der Waals surface area contributed by atoms with Crippen molar-refractivity contribution in [3.8, 4) is 0 Å². The first-order valence-corrected chi connectivity index (χ1v) is 10.3. The normalized spacial score (nSPS) is 17.1. The van der Waals surface area contributed by atoms with Gasteiger partial charge in [-0.05, 0) is 25.0 Å². The fourth-order valence-electron chi connectivity index (χ4n) is 3.18. The van der Waals surface area contributed by atoms with Crippen LogP contribution < -0.4 is 5.32 Å². The second-order valence-corrected chi connectivity index (χ2v) is 8.09. The molecular formula is C20H26N4O2S. The molecule has 1 unspecified atom stereocenters. The van der Waals surface area contributed by atoms with Crippen LogP contribution in [0.1, 0.15) is 53.7 Å². The van der Waals surface area contributed by atoms with Crippen molar-refractivity contribution in [1.29, 1.82) is 0 Å². The van der Waals surface area contributed by atoms with Gasteiger partial charge in [-0.3, -0.25) is 14.6 Å². The number of piperidine rings is 1. The number of hydrogen-bond donors (Lipinski definition) is 1. The highest BCUT2D eigenvalue weighted by Crippen LogP contribution is 2.30. The largest absolute Gasteiger partial charge is 0.355 e. The molecule has 1 aliphatic rings. The Morgan fingerprint density at radius 3 is 2.85 bits per heavy atom. The Morgan fingerprint density at radius 1 is 1.33 bits per heavy atom. The molecule has 1 saturated heterocycles. The van der Waals surface area contributed by atoms with Crippen molar-refractivity contribution < 1.29 is 9.59 Å². The first-order valence-electron chi connectivity index (χ1n) is 9.46. The minimum absolute atomic E-state index is 0.00199. The van der Waals surface area contributed by atoms with E-state index in [9.17, 15) is 9.59 Å². The molecule has 0 aliphatic carbocycles. The Bertz CT molecular complexity index is 775. The Labute approximate surface area is 164 Å².